The molecule has 0 unspecified atom stereocenters. The van der Waals surface area contributed by atoms with E-state index in [-0.39, 0.29) is 21.6 Å². The molecule has 0 aliphatic heterocycles. The molecule has 0 radical (unpaired) electrons. The third kappa shape index (κ3) is 3.78. The number of nitrogens with two attached hydrogens (primary N) is 1. The Morgan fingerprint density at radius 2 is 1.76 bits per heavy atom. The van der Waals surface area contributed by atoms with E-state index in [0.717, 1.165) is 12.1 Å². The number of halogens is 3. The number of nitrogen functional groups attached to an aromatic ring is 1. The smallest absolute Gasteiger partial charge is 0.242 e. The third-order valence-corrected chi connectivity index (χ3v) is 4.79. The summed E-state index contributed by atoms with van der Waals surface area (Å²) < 4.78 is 52.6. The Labute approximate surface area is 129 Å². The van der Waals surface area contributed by atoms with Gasteiger partial charge in [-0.3, -0.25) is 0 Å². The van der Waals surface area contributed by atoms with Crippen molar-refractivity contribution in [2.45, 2.75) is 11.4 Å². The minimum absolute atomic E-state index is 0.00106. The largest absolute Gasteiger partial charge is 0.398 e. The molecule has 0 saturated heterocycles. The minimum Gasteiger partial charge on any atom is -0.398 e. The second-order valence-corrected chi connectivity index (χ2v) is 6.84. The van der Waals surface area contributed by atoms with Gasteiger partial charge in [-0.05, 0) is 45.8 Å². The van der Waals surface area contributed by atoms with Gasteiger partial charge in [0.1, 0.15) is 16.5 Å². The average Bonchev–Trinajstić information content (AvgIpc) is 2.42. The SMILES string of the molecule is Nc1cc(F)c(Br)cc1S(=O)(=O)NCc1ccc(F)cc1. The summed E-state index contributed by atoms with van der Waals surface area (Å²) in [7, 11) is -3.90. The van der Waals surface area contributed by atoms with E-state index in [1.54, 1.807) is 0 Å². The second-order valence-electron chi connectivity index (χ2n) is 4.26. The van der Waals surface area contributed by atoms with Crippen LogP contribution in [-0.2, 0) is 16.6 Å². The van der Waals surface area contributed by atoms with Crippen LogP contribution >= 0.6 is 15.9 Å². The van der Waals surface area contributed by atoms with Crippen molar-refractivity contribution in [3.8, 4) is 0 Å². The Hall–Kier alpha value is -1.51. The molecule has 0 aromatic heterocycles. The molecule has 3 N–H and O–H groups in total. The second kappa shape index (κ2) is 6.08. The summed E-state index contributed by atoms with van der Waals surface area (Å²) in [6, 6.07) is 7.40. The molecule has 2 aromatic carbocycles. The lowest BCUT2D eigenvalue weighted by molar-refractivity contribution is 0.580. The Morgan fingerprint density at radius 1 is 1.14 bits per heavy atom. The number of sulfonamides is 1. The standard InChI is InChI=1S/C13H11BrF2N2O2S/c14-10-5-13(12(17)6-11(10)16)21(19,20)18-7-8-1-3-9(15)4-2-8/h1-6,18H,7,17H2. The lowest BCUT2D eigenvalue weighted by Crippen LogP contribution is -2.24. The van der Waals surface area contributed by atoms with Gasteiger partial charge in [0.05, 0.1) is 10.2 Å². The molecular formula is C13H11BrF2N2O2S. The van der Waals surface area contributed by atoms with Gasteiger partial charge in [0.25, 0.3) is 0 Å². The lowest BCUT2D eigenvalue weighted by Gasteiger charge is -2.10. The number of anilines is 1. The van der Waals surface area contributed by atoms with E-state index in [1.807, 2.05) is 0 Å². The van der Waals surface area contributed by atoms with Gasteiger partial charge < -0.3 is 5.73 Å². The van der Waals surface area contributed by atoms with Gasteiger partial charge in [-0.2, -0.15) is 0 Å². The summed E-state index contributed by atoms with van der Waals surface area (Å²) in [6.45, 7) is -0.0307. The molecule has 0 atom stereocenters. The molecule has 4 nitrogen and oxygen atoms in total. The average molecular weight is 377 g/mol. The van der Waals surface area contributed by atoms with Crippen molar-refractivity contribution in [3.63, 3.8) is 0 Å². The third-order valence-electron chi connectivity index (χ3n) is 2.72. The molecule has 112 valence electrons. The number of hydrogen-bond acceptors (Lipinski definition) is 3. The topological polar surface area (TPSA) is 72.2 Å². The molecule has 0 aliphatic rings. The van der Waals surface area contributed by atoms with Crippen LogP contribution in [0.1, 0.15) is 5.56 Å². The van der Waals surface area contributed by atoms with Crippen molar-refractivity contribution in [2.24, 2.45) is 0 Å². The number of nitrogens with one attached hydrogen (secondary N) is 1. The molecule has 0 saturated carbocycles. The number of rotatable bonds is 4. The van der Waals surface area contributed by atoms with E-state index in [9.17, 15) is 17.2 Å². The Morgan fingerprint density at radius 3 is 2.38 bits per heavy atom. The Bertz CT molecular complexity index is 764. The van der Waals surface area contributed by atoms with Crippen molar-refractivity contribution < 1.29 is 17.2 Å². The zero-order valence-electron chi connectivity index (χ0n) is 10.6. The highest BCUT2D eigenvalue weighted by molar-refractivity contribution is 9.10. The molecule has 0 aliphatic carbocycles. The van der Waals surface area contributed by atoms with Crippen LogP contribution in [0.15, 0.2) is 45.8 Å². The van der Waals surface area contributed by atoms with Crippen molar-refractivity contribution in [1.29, 1.82) is 0 Å². The molecule has 0 spiro atoms. The predicted octanol–water partition coefficient (Wildman–Crippen LogP) is 2.79. The summed E-state index contributed by atoms with van der Waals surface area (Å²) >= 11 is 2.91. The van der Waals surface area contributed by atoms with Crippen LogP contribution in [0, 0.1) is 11.6 Å². The van der Waals surface area contributed by atoms with Crippen molar-refractivity contribution in [1.82, 2.24) is 4.72 Å². The van der Waals surface area contributed by atoms with Crippen molar-refractivity contribution in [3.05, 3.63) is 58.1 Å². The molecule has 0 bridgehead atoms. The predicted molar refractivity (Wildman–Crippen MR) is 78.9 cm³/mol. The van der Waals surface area contributed by atoms with Gasteiger partial charge in [0.2, 0.25) is 10.0 Å². The van der Waals surface area contributed by atoms with Gasteiger partial charge in [-0.1, -0.05) is 12.1 Å². The van der Waals surface area contributed by atoms with E-state index >= 15 is 0 Å². The first-order valence-electron chi connectivity index (χ1n) is 5.78. The van der Waals surface area contributed by atoms with Crippen LogP contribution in [0.4, 0.5) is 14.5 Å². The molecule has 8 heteroatoms. The van der Waals surface area contributed by atoms with E-state index in [4.69, 9.17) is 5.73 Å². The van der Waals surface area contributed by atoms with Crippen LogP contribution in [0.3, 0.4) is 0 Å². The van der Waals surface area contributed by atoms with Crippen molar-refractivity contribution >= 4 is 31.6 Å². The highest BCUT2D eigenvalue weighted by atomic mass is 79.9. The molecule has 2 aromatic rings. The summed E-state index contributed by atoms with van der Waals surface area (Å²) in [4.78, 5) is -0.224. The van der Waals surface area contributed by atoms with Crippen LogP contribution < -0.4 is 10.5 Å². The zero-order chi connectivity index (χ0) is 15.6. The van der Waals surface area contributed by atoms with Gasteiger partial charge in [0.15, 0.2) is 0 Å². The van der Waals surface area contributed by atoms with Crippen LogP contribution in [0.2, 0.25) is 0 Å². The van der Waals surface area contributed by atoms with E-state index in [2.05, 4.69) is 20.7 Å². The summed E-state index contributed by atoms with van der Waals surface area (Å²) in [5, 5.41) is 0. The molecular weight excluding hydrogens is 366 g/mol. The fourth-order valence-electron chi connectivity index (χ4n) is 1.64. The highest BCUT2D eigenvalue weighted by Gasteiger charge is 2.19. The quantitative estimate of drug-likeness (QED) is 0.805. The monoisotopic (exact) mass is 376 g/mol. The Kier molecular flexibility index (Phi) is 4.60. The maximum absolute atomic E-state index is 13.3. The summed E-state index contributed by atoms with van der Waals surface area (Å²) in [6.07, 6.45) is 0. The van der Waals surface area contributed by atoms with Gasteiger partial charge in [0, 0.05) is 6.54 Å². The van der Waals surface area contributed by atoms with Crippen LogP contribution in [-0.4, -0.2) is 8.42 Å². The molecule has 0 heterocycles. The molecule has 0 amide bonds. The minimum atomic E-state index is -3.90. The van der Waals surface area contributed by atoms with Crippen LogP contribution in [0.5, 0.6) is 0 Å². The fourth-order valence-corrected chi connectivity index (χ4v) is 3.28. The number of benzene rings is 2. The Balaban J connectivity index is 2.22. The van der Waals surface area contributed by atoms with Crippen molar-refractivity contribution in [2.75, 3.05) is 5.73 Å². The van der Waals surface area contributed by atoms with Gasteiger partial charge in [-0.15, -0.1) is 0 Å². The maximum Gasteiger partial charge on any atom is 0.242 e. The molecule has 2 rings (SSSR count). The number of hydrogen-bond donors (Lipinski definition) is 2. The van der Waals surface area contributed by atoms with E-state index < -0.39 is 21.7 Å². The highest BCUT2D eigenvalue weighted by Crippen LogP contribution is 2.26. The molecule has 0 fully saturated rings. The van der Waals surface area contributed by atoms with E-state index in [1.165, 1.54) is 24.3 Å². The van der Waals surface area contributed by atoms with E-state index in [0.29, 0.717) is 5.56 Å². The fraction of sp³-hybridized carbons (Fsp3) is 0.0769. The first-order valence-corrected chi connectivity index (χ1v) is 8.06. The lowest BCUT2D eigenvalue weighted by atomic mass is 10.2. The first-order chi connectivity index (χ1) is 9.79. The maximum atomic E-state index is 13.3. The van der Waals surface area contributed by atoms with Gasteiger partial charge >= 0.3 is 0 Å². The van der Waals surface area contributed by atoms with Gasteiger partial charge in [-0.25, -0.2) is 21.9 Å². The zero-order valence-corrected chi connectivity index (χ0v) is 13.0. The summed E-state index contributed by atoms with van der Waals surface area (Å²) in [5.74, 6) is -1.06. The first kappa shape index (κ1) is 15.9. The normalized spacial score (nSPS) is 11.6. The van der Waals surface area contributed by atoms with Crippen LogP contribution in [0.25, 0.3) is 0 Å². The summed E-state index contributed by atoms with van der Waals surface area (Å²) in [5.41, 5.74) is 5.93. The molecule has 21 heavy (non-hydrogen) atoms.